The summed E-state index contributed by atoms with van der Waals surface area (Å²) in [7, 11) is 0. The van der Waals surface area contributed by atoms with Gasteiger partial charge >= 0.3 is 0 Å². The van der Waals surface area contributed by atoms with Gasteiger partial charge in [0.2, 0.25) is 0 Å². The van der Waals surface area contributed by atoms with Crippen LogP contribution < -0.4 is 4.74 Å². The van der Waals surface area contributed by atoms with Crippen LogP contribution in [0.1, 0.15) is 30.9 Å². The fourth-order valence-electron chi connectivity index (χ4n) is 2.02. The van der Waals surface area contributed by atoms with Crippen molar-refractivity contribution in [1.29, 1.82) is 0 Å². The number of hydrogen-bond acceptors (Lipinski definition) is 3. The van der Waals surface area contributed by atoms with Gasteiger partial charge in [-0.2, -0.15) is 0 Å². The average Bonchev–Trinajstić information content (AvgIpc) is 2.46. The molecular weight excluding hydrogens is 334 g/mol. The van der Waals surface area contributed by atoms with Crippen molar-refractivity contribution < 1.29 is 9.66 Å². The van der Waals surface area contributed by atoms with Crippen LogP contribution in [0.2, 0.25) is 0 Å². The first-order valence-electron chi connectivity index (χ1n) is 6.63. The van der Waals surface area contributed by atoms with Gasteiger partial charge in [-0.1, -0.05) is 41.9 Å². The number of rotatable bonds is 5. The summed E-state index contributed by atoms with van der Waals surface area (Å²) in [5.74, 6) is 1.14. The number of nitro groups is 1. The minimum atomic E-state index is -0.400. The fraction of sp³-hybridized carbons (Fsp3) is 0.250. The zero-order valence-electron chi connectivity index (χ0n) is 11.9. The van der Waals surface area contributed by atoms with Crippen LogP contribution in [0.4, 0.5) is 5.69 Å². The highest BCUT2D eigenvalue weighted by molar-refractivity contribution is 9.10. The number of hydrogen-bond donors (Lipinski definition) is 0. The van der Waals surface area contributed by atoms with Crippen LogP contribution in [0.15, 0.2) is 46.9 Å². The van der Waals surface area contributed by atoms with Crippen LogP contribution >= 0.6 is 15.9 Å². The zero-order valence-corrected chi connectivity index (χ0v) is 13.5. The summed E-state index contributed by atoms with van der Waals surface area (Å²) in [6.07, 6.45) is 0. The molecule has 2 rings (SSSR count). The molecule has 110 valence electrons. The molecule has 0 aliphatic rings. The van der Waals surface area contributed by atoms with Crippen molar-refractivity contribution >= 4 is 21.6 Å². The molecule has 0 spiro atoms. The van der Waals surface area contributed by atoms with Gasteiger partial charge in [0.05, 0.1) is 4.92 Å². The molecule has 0 saturated carbocycles. The van der Waals surface area contributed by atoms with Crippen LogP contribution in [0.3, 0.4) is 0 Å². The molecule has 0 aliphatic carbocycles. The maximum atomic E-state index is 10.8. The van der Waals surface area contributed by atoms with Gasteiger partial charge in [0.25, 0.3) is 5.69 Å². The first-order chi connectivity index (χ1) is 9.97. The molecule has 0 atom stereocenters. The van der Waals surface area contributed by atoms with Gasteiger partial charge in [-0.3, -0.25) is 10.1 Å². The Morgan fingerprint density at radius 3 is 2.67 bits per heavy atom. The highest BCUT2D eigenvalue weighted by atomic mass is 79.9. The van der Waals surface area contributed by atoms with Crippen molar-refractivity contribution in [2.75, 3.05) is 0 Å². The molecule has 21 heavy (non-hydrogen) atoms. The summed E-state index contributed by atoms with van der Waals surface area (Å²) >= 11 is 3.46. The van der Waals surface area contributed by atoms with Crippen LogP contribution in [0, 0.1) is 10.1 Å². The Balaban J connectivity index is 2.16. The predicted molar refractivity (Wildman–Crippen MR) is 85.7 cm³/mol. The number of ether oxygens (including phenoxy) is 1. The molecule has 2 aromatic carbocycles. The summed E-state index contributed by atoms with van der Waals surface area (Å²) in [5.41, 5.74) is 1.97. The second-order valence-electron chi connectivity index (χ2n) is 5.05. The zero-order chi connectivity index (χ0) is 15.4. The Morgan fingerprint density at radius 1 is 1.24 bits per heavy atom. The van der Waals surface area contributed by atoms with Gasteiger partial charge in [-0.25, -0.2) is 0 Å². The van der Waals surface area contributed by atoms with Crippen molar-refractivity contribution in [1.82, 2.24) is 0 Å². The third kappa shape index (κ3) is 4.04. The minimum Gasteiger partial charge on any atom is -0.489 e. The predicted octanol–water partition coefficient (Wildman–Crippen LogP) is 5.06. The lowest BCUT2D eigenvalue weighted by molar-refractivity contribution is -0.384. The topological polar surface area (TPSA) is 52.4 Å². The molecule has 0 unspecified atom stereocenters. The van der Waals surface area contributed by atoms with E-state index in [1.54, 1.807) is 6.07 Å². The number of nitro benzene ring substituents is 1. The summed E-state index contributed by atoms with van der Waals surface area (Å²) in [5, 5.41) is 10.8. The summed E-state index contributed by atoms with van der Waals surface area (Å²) in [6.45, 7) is 4.51. The van der Waals surface area contributed by atoms with Crippen LogP contribution in [0.25, 0.3) is 0 Å². The number of halogens is 1. The molecule has 0 fully saturated rings. The summed E-state index contributed by atoms with van der Waals surface area (Å²) in [4.78, 5) is 10.4. The fourth-order valence-corrected chi connectivity index (χ4v) is 2.40. The van der Waals surface area contributed by atoms with Crippen LogP contribution in [-0.4, -0.2) is 4.92 Å². The second kappa shape index (κ2) is 6.72. The number of benzene rings is 2. The Hall–Kier alpha value is -1.88. The van der Waals surface area contributed by atoms with E-state index in [2.05, 4.69) is 29.8 Å². The van der Waals surface area contributed by atoms with E-state index in [9.17, 15) is 10.1 Å². The van der Waals surface area contributed by atoms with E-state index in [0.717, 1.165) is 21.3 Å². The average molecular weight is 350 g/mol. The lowest BCUT2D eigenvalue weighted by atomic mass is 10.0. The van der Waals surface area contributed by atoms with Gasteiger partial charge in [-0.05, 0) is 35.2 Å². The van der Waals surface area contributed by atoms with E-state index in [1.807, 2.05) is 24.3 Å². The summed E-state index contributed by atoms with van der Waals surface area (Å²) in [6, 6.07) is 12.4. The SMILES string of the molecule is CC(C)c1cc(Br)ccc1OCc1cccc([N+](=O)[O-])c1. The van der Waals surface area contributed by atoms with Gasteiger partial charge in [0, 0.05) is 16.6 Å². The molecule has 0 amide bonds. The molecule has 0 aliphatic heterocycles. The summed E-state index contributed by atoms with van der Waals surface area (Å²) < 4.78 is 6.84. The lowest BCUT2D eigenvalue weighted by Crippen LogP contribution is -2.00. The van der Waals surface area contributed by atoms with E-state index in [4.69, 9.17) is 4.74 Å². The van der Waals surface area contributed by atoms with Crippen LogP contribution in [0.5, 0.6) is 5.75 Å². The molecule has 0 radical (unpaired) electrons. The largest absolute Gasteiger partial charge is 0.489 e. The minimum absolute atomic E-state index is 0.0796. The standard InChI is InChI=1S/C16H16BrNO3/c1-11(2)15-9-13(17)6-7-16(15)21-10-12-4-3-5-14(8-12)18(19)20/h3-9,11H,10H2,1-2H3. The molecular formula is C16H16BrNO3. The van der Waals surface area contributed by atoms with Crippen molar-refractivity contribution in [3.63, 3.8) is 0 Å². The Kier molecular flexibility index (Phi) is 4.96. The van der Waals surface area contributed by atoms with Gasteiger partial charge < -0.3 is 4.74 Å². The first-order valence-corrected chi connectivity index (χ1v) is 7.42. The van der Waals surface area contributed by atoms with E-state index in [0.29, 0.717) is 12.5 Å². The van der Waals surface area contributed by atoms with Crippen LogP contribution in [-0.2, 0) is 6.61 Å². The first kappa shape index (κ1) is 15.5. The van der Waals surface area contributed by atoms with Crippen molar-refractivity contribution in [3.8, 4) is 5.75 Å². The maximum Gasteiger partial charge on any atom is 0.269 e. The molecule has 5 heteroatoms. The van der Waals surface area contributed by atoms with Crippen molar-refractivity contribution in [2.24, 2.45) is 0 Å². The van der Waals surface area contributed by atoms with Gasteiger partial charge in [-0.15, -0.1) is 0 Å². The molecule has 0 saturated heterocycles. The molecule has 0 bridgehead atoms. The van der Waals surface area contributed by atoms with Gasteiger partial charge in [0.1, 0.15) is 12.4 Å². The quantitative estimate of drug-likeness (QED) is 0.559. The smallest absolute Gasteiger partial charge is 0.269 e. The van der Waals surface area contributed by atoms with E-state index in [1.165, 1.54) is 12.1 Å². The number of non-ortho nitro benzene ring substituents is 1. The Morgan fingerprint density at radius 2 is 2.00 bits per heavy atom. The monoisotopic (exact) mass is 349 g/mol. The second-order valence-corrected chi connectivity index (χ2v) is 5.97. The van der Waals surface area contributed by atoms with Gasteiger partial charge in [0.15, 0.2) is 0 Å². The molecule has 0 heterocycles. The van der Waals surface area contributed by atoms with Crippen molar-refractivity contribution in [3.05, 3.63) is 68.2 Å². The van der Waals surface area contributed by atoms with E-state index >= 15 is 0 Å². The lowest BCUT2D eigenvalue weighted by Gasteiger charge is -2.14. The van der Waals surface area contributed by atoms with E-state index in [-0.39, 0.29) is 5.69 Å². The highest BCUT2D eigenvalue weighted by Crippen LogP contribution is 2.30. The maximum absolute atomic E-state index is 10.8. The molecule has 2 aromatic rings. The number of nitrogens with zero attached hydrogens (tertiary/aromatic N) is 1. The van der Waals surface area contributed by atoms with E-state index < -0.39 is 4.92 Å². The molecule has 4 nitrogen and oxygen atoms in total. The molecule has 0 aromatic heterocycles. The third-order valence-electron chi connectivity index (χ3n) is 3.11. The Bertz CT molecular complexity index is 656. The normalized spacial score (nSPS) is 10.7. The van der Waals surface area contributed by atoms with Crippen molar-refractivity contribution in [2.45, 2.75) is 26.4 Å². The molecule has 0 N–H and O–H groups in total. The highest BCUT2D eigenvalue weighted by Gasteiger charge is 2.10. The Labute approximate surface area is 132 Å². The third-order valence-corrected chi connectivity index (χ3v) is 3.60.